The Morgan fingerprint density at radius 3 is 2.74 bits per heavy atom. The van der Waals surface area contributed by atoms with E-state index in [2.05, 4.69) is 11.6 Å². The topological polar surface area (TPSA) is 55.2 Å². The molecule has 1 atom stereocenters. The smallest absolute Gasteiger partial charge is 0.274 e. The summed E-state index contributed by atoms with van der Waals surface area (Å²) in [5.41, 5.74) is 0.960. The molecule has 0 fully saturated rings. The van der Waals surface area contributed by atoms with Gasteiger partial charge in [-0.3, -0.25) is 10.1 Å². The van der Waals surface area contributed by atoms with E-state index in [1.165, 1.54) is 18.6 Å². The van der Waals surface area contributed by atoms with Gasteiger partial charge in [0.25, 0.3) is 5.69 Å². The summed E-state index contributed by atoms with van der Waals surface area (Å²) in [6.07, 6.45) is 5.68. The molecule has 0 heterocycles. The molecule has 1 aromatic rings. The molecule has 1 rings (SSSR count). The van der Waals surface area contributed by atoms with Crippen molar-refractivity contribution in [3.05, 3.63) is 39.9 Å². The molecule has 0 aliphatic heterocycles. The average Bonchev–Trinajstić information content (AvgIpc) is 2.42. The van der Waals surface area contributed by atoms with E-state index in [0.717, 1.165) is 18.5 Å². The second-order valence-electron chi connectivity index (χ2n) is 4.55. The molecule has 5 heteroatoms. The molecule has 19 heavy (non-hydrogen) atoms. The van der Waals surface area contributed by atoms with E-state index in [1.54, 1.807) is 12.1 Å². The lowest BCUT2D eigenvalue weighted by Crippen LogP contribution is -2.20. The van der Waals surface area contributed by atoms with Crippen LogP contribution in [-0.4, -0.2) is 23.5 Å². The van der Waals surface area contributed by atoms with Gasteiger partial charge in [0.15, 0.2) is 0 Å². The zero-order valence-corrected chi connectivity index (χ0v) is 12.4. The first kappa shape index (κ1) is 16.0. The summed E-state index contributed by atoms with van der Waals surface area (Å²) >= 11 is 1.87. The maximum Gasteiger partial charge on any atom is 0.274 e. The van der Waals surface area contributed by atoms with Crippen LogP contribution in [0.4, 0.5) is 5.69 Å². The number of nitro groups is 1. The number of para-hydroxylation sites is 1. The Hall–Kier alpha value is -1.07. The highest BCUT2D eigenvalue weighted by molar-refractivity contribution is 7.98. The summed E-state index contributed by atoms with van der Waals surface area (Å²) in [6.45, 7) is 2.88. The van der Waals surface area contributed by atoms with Crippen molar-refractivity contribution in [2.24, 2.45) is 0 Å². The lowest BCUT2D eigenvalue weighted by atomic mass is 10.1. The van der Waals surface area contributed by atoms with Crippen molar-refractivity contribution in [1.82, 2.24) is 5.32 Å². The third kappa shape index (κ3) is 5.61. The summed E-state index contributed by atoms with van der Waals surface area (Å²) < 4.78 is 0. The van der Waals surface area contributed by atoms with Crippen LogP contribution in [0.5, 0.6) is 0 Å². The van der Waals surface area contributed by atoms with Crippen LogP contribution < -0.4 is 5.32 Å². The summed E-state index contributed by atoms with van der Waals surface area (Å²) in [5.74, 6) is 1.21. The van der Waals surface area contributed by atoms with Crippen LogP contribution in [0, 0.1) is 10.1 Å². The fourth-order valence-electron chi connectivity index (χ4n) is 2.00. The number of thioether (sulfide) groups is 1. The molecule has 106 valence electrons. The van der Waals surface area contributed by atoms with Crippen LogP contribution in [0.3, 0.4) is 0 Å². The molecular formula is C14H22N2O2S. The van der Waals surface area contributed by atoms with Crippen molar-refractivity contribution in [3.63, 3.8) is 0 Å². The van der Waals surface area contributed by atoms with Gasteiger partial charge in [0, 0.05) is 17.7 Å². The summed E-state index contributed by atoms with van der Waals surface area (Å²) in [6, 6.07) is 6.95. The summed E-state index contributed by atoms with van der Waals surface area (Å²) in [7, 11) is 0. The van der Waals surface area contributed by atoms with Gasteiger partial charge in [-0.1, -0.05) is 24.6 Å². The SMILES string of the molecule is CSCCCCCNC(C)c1ccccc1[N+](=O)[O-]. The predicted molar refractivity (Wildman–Crippen MR) is 81.7 cm³/mol. The van der Waals surface area contributed by atoms with Crippen molar-refractivity contribution in [3.8, 4) is 0 Å². The van der Waals surface area contributed by atoms with Crippen molar-refractivity contribution in [2.75, 3.05) is 18.6 Å². The van der Waals surface area contributed by atoms with Crippen molar-refractivity contribution < 1.29 is 4.92 Å². The highest BCUT2D eigenvalue weighted by Gasteiger charge is 2.17. The van der Waals surface area contributed by atoms with Gasteiger partial charge in [-0.2, -0.15) is 11.8 Å². The number of hydrogen-bond donors (Lipinski definition) is 1. The third-order valence-electron chi connectivity index (χ3n) is 3.08. The van der Waals surface area contributed by atoms with Gasteiger partial charge in [-0.05, 0) is 38.3 Å². The van der Waals surface area contributed by atoms with Crippen LogP contribution >= 0.6 is 11.8 Å². The second-order valence-corrected chi connectivity index (χ2v) is 5.53. The molecule has 0 saturated heterocycles. The number of rotatable bonds is 9. The number of unbranched alkanes of at least 4 members (excludes halogenated alkanes) is 2. The molecule has 0 amide bonds. The lowest BCUT2D eigenvalue weighted by Gasteiger charge is -2.14. The van der Waals surface area contributed by atoms with Crippen molar-refractivity contribution in [1.29, 1.82) is 0 Å². The minimum Gasteiger partial charge on any atom is -0.310 e. The van der Waals surface area contributed by atoms with Crippen LogP contribution in [0.1, 0.15) is 37.8 Å². The highest BCUT2D eigenvalue weighted by Crippen LogP contribution is 2.24. The Labute approximate surface area is 119 Å². The van der Waals surface area contributed by atoms with Gasteiger partial charge < -0.3 is 5.32 Å². The molecule has 0 aliphatic carbocycles. The Balaban J connectivity index is 2.41. The van der Waals surface area contributed by atoms with Gasteiger partial charge in [0.2, 0.25) is 0 Å². The Kier molecular flexibility index (Phi) is 7.52. The number of nitrogens with zero attached hydrogens (tertiary/aromatic N) is 1. The minimum atomic E-state index is -0.314. The van der Waals surface area contributed by atoms with E-state index in [1.807, 2.05) is 30.8 Å². The number of nitrogens with one attached hydrogen (secondary N) is 1. The molecule has 0 aromatic heterocycles. The van der Waals surface area contributed by atoms with E-state index >= 15 is 0 Å². The standard InChI is InChI=1S/C14H22N2O2S/c1-12(15-10-6-3-7-11-19-2)13-8-4-5-9-14(13)16(17)18/h4-5,8-9,12,15H,3,6-7,10-11H2,1-2H3. The first-order valence-electron chi connectivity index (χ1n) is 6.62. The number of nitro benzene ring substituents is 1. The van der Waals surface area contributed by atoms with Gasteiger partial charge in [0.05, 0.1) is 4.92 Å². The molecule has 1 aromatic carbocycles. The van der Waals surface area contributed by atoms with Gasteiger partial charge >= 0.3 is 0 Å². The lowest BCUT2D eigenvalue weighted by molar-refractivity contribution is -0.385. The average molecular weight is 282 g/mol. The fourth-order valence-corrected chi connectivity index (χ4v) is 2.49. The third-order valence-corrected chi connectivity index (χ3v) is 3.77. The van der Waals surface area contributed by atoms with Crippen LogP contribution in [0.15, 0.2) is 24.3 Å². The monoisotopic (exact) mass is 282 g/mol. The molecule has 1 N–H and O–H groups in total. The molecule has 0 radical (unpaired) electrons. The zero-order chi connectivity index (χ0) is 14.1. The largest absolute Gasteiger partial charge is 0.310 e. The zero-order valence-electron chi connectivity index (χ0n) is 11.6. The van der Waals surface area contributed by atoms with E-state index < -0.39 is 0 Å². The molecule has 0 spiro atoms. The van der Waals surface area contributed by atoms with E-state index in [9.17, 15) is 10.1 Å². The second kappa shape index (κ2) is 8.93. The number of hydrogen-bond acceptors (Lipinski definition) is 4. The first-order valence-corrected chi connectivity index (χ1v) is 8.02. The van der Waals surface area contributed by atoms with Gasteiger partial charge in [-0.15, -0.1) is 0 Å². The molecule has 1 unspecified atom stereocenters. The summed E-state index contributed by atoms with van der Waals surface area (Å²) in [5, 5.41) is 14.3. The highest BCUT2D eigenvalue weighted by atomic mass is 32.2. The van der Waals surface area contributed by atoms with Crippen molar-refractivity contribution in [2.45, 2.75) is 32.2 Å². The normalized spacial score (nSPS) is 12.3. The fraction of sp³-hybridized carbons (Fsp3) is 0.571. The van der Waals surface area contributed by atoms with Gasteiger partial charge in [-0.25, -0.2) is 0 Å². The van der Waals surface area contributed by atoms with Crippen LogP contribution in [0.25, 0.3) is 0 Å². The molecule has 0 bridgehead atoms. The Morgan fingerprint density at radius 2 is 2.05 bits per heavy atom. The Bertz CT molecular complexity index is 399. The predicted octanol–water partition coefficient (Wildman–Crippen LogP) is 3.78. The van der Waals surface area contributed by atoms with Crippen LogP contribution in [-0.2, 0) is 0 Å². The quantitative estimate of drug-likeness (QED) is 0.425. The summed E-state index contributed by atoms with van der Waals surface area (Å²) in [4.78, 5) is 10.6. The van der Waals surface area contributed by atoms with Gasteiger partial charge in [0.1, 0.15) is 0 Å². The minimum absolute atomic E-state index is 0.0159. The van der Waals surface area contributed by atoms with Crippen LogP contribution in [0.2, 0.25) is 0 Å². The maximum absolute atomic E-state index is 10.9. The first-order chi connectivity index (χ1) is 9.16. The maximum atomic E-state index is 10.9. The van der Waals surface area contributed by atoms with Crippen molar-refractivity contribution >= 4 is 17.4 Å². The molecule has 4 nitrogen and oxygen atoms in total. The van der Waals surface area contributed by atoms with E-state index in [-0.39, 0.29) is 16.7 Å². The molecule has 0 saturated carbocycles. The molecular weight excluding hydrogens is 260 g/mol. The van der Waals surface area contributed by atoms with E-state index in [0.29, 0.717) is 0 Å². The number of benzene rings is 1. The Morgan fingerprint density at radius 1 is 1.32 bits per heavy atom. The molecule has 0 aliphatic rings. The van der Waals surface area contributed by atoms with E-state index in [4.69, 9.17) is 0 Å².